The quantitative estimate of drug-likeness (QED) is 0.730. The van der Waals surface area contributed by atoms with Gasteiger partial charge >= 0.3 is 0 Å². The van der Waals surface area contributed by atoms with Crippen LogP contribution in [0.15, 0.2) is 47.6 Å². The van der Waals surface area contributed by atoms with Crippen molar-refractivity contribution in [2.24, 2.45) is 23.3 Å². The molecule has 0 radical (unpaired) electrons. The van der Waals surface area contributed by atoms with Crippen LogP contribution in [0.2, 0.25) is 0 Å². The summed E-state index contributed by atoms with van der Waals surface area (Å²) in [5.41, 5.74) is 14.9. The minimum atomic E-state index is 0.378. The topological polar surface area (TPSA) is 52.0 Å². The van der Waals surface area contributed by atoms with Crippen LogP contribution in [0.1, 0.15) is 64.2 Å². The molecular weight excluding hydrogens is 292 g/mol. The Bertz CT molecular complexity index is 518. The van der Waals surface area contributed by atoms with E-state index in [-0.39, 0.29) is 0 Å². The molecule has 0 aromatic rings. The van der Waals surface area contributed by atoms with Gasteiger partial charge in [0.05, 0.1) is 0 Å². The molecular formula is C22H34N2. The van der Waals surface area contributed by atoms with E-state index >= 15 is 0 Å². The van der Waals surface area contributed by atoms with Gasteiger partial charge in [-0.1, -0.05) is 47.6 Å². The van der Waals surface area contributed by atoms with Crippen molar-refractivity contribution in [3.63, 3.8) is 0 Å². The molecule has 0 aliphatic heterocycles. The second kappa shape index (κ2) is 8.82. The van der Waals surface area contributed by atoms with Gasteiger partial charge in [0.1, 0.15) is 0 Å². The van der Waals surface area contributed by atoms with Gasteiger partial charge in [0, 0.05) is 12.1 Å². The van der Waals surface area contributed by atoms with Gasteiger partial charge in [-0.3, -0.25) is 0 Å². The van der Waals surface area contributed by atoms with E-state index in [2.05, 4.69) is 36.5 Å². The molecule has 3 aliphatic carbocycles. The van der Waals surface area contributed by atoms with Crippen LogP contribution >= 0.6 is 0 Å². The maximum atomic E-state index is 5.99. The van der Waals surface area contributed by atoms with Gasteiger partial charge in [0.2, 0.25) is 0 Å². The highest BCUT2D eigenvalue weighted by Gasteiger charge is 2.17. The molecule has 3 aliphatic rings. The Morgan fingerprint density at radius 3 is 1.88 bits per heavy atom. The molecule has 0 aromatic carbocycles. The summed E-state index contributed by atoms with van der Waals surface area (Å²) in [5.74, 6) is 1.52. The molecule has 2 nitrogen and oxygen atoms in total. The molecule has 24 heavy (non-hydrogen) atoms. The lowest BCUT2D eigenvalue weighted by atomic mass is 9.84. The van der Waals surface area contributed by atoms with E-state index in [9.17, 15) is 0 Å². The molecule has 132 valence electrons. The first kappa shape index (κ1) is 17.7. The summed E-state index contributed by atoms with van der Waals surface area (Å²) in [4.78, 5) is 0. The van der Waals surface area contributed by atoms with Crippen molar-refractivity contribution in [1.29, 1.82) is 0 Å². The molecule has 1 fully saturated rings. The summed E-state index contributed by atoms with van der Waals surface area (Å²) in [6.45, 7) is 0. The van der Waals surface area contributed by atoms with Crippen molar-refractivity contribution >= 4 is 0 Å². The first-order valence-electron chi connectivity index (χ1n) is 9.94. The summed E-state index contributed by atoms with van der Waals surface area (Å²) in [6, 6.07) is 0.833. The van der Waals surface area contributed by atoms with E-state index in [0.29, 0.717) is 12.1 Å². The van der Waals surface area contributed by atoms with E-state index in [1.54, 1.807) is 0 Å². The monoisotopic (exact) mass is 326 g/mol. The maximum absolute atomic E-state index is 5.99. The average Bonchev–Trinajstić information content (AvgIpc) is 2.62. The summed E-state index contributed by atoms with van der Waals surface area (Å²) in [7, 11) is 0. The maximum Gasteiger partial charge on any atom is 0.00767 e. The number of allylic oxidation sites excluding steroid dienone is 7. The molecule has 0 spiro atoms. The first-order chi connectivity index (χ1) is 11.7. The number of hydrogen-bond acceptors (Lipinski definition) is 2. The van der Waals surface area contributed by atoms with Crippen molar-refractivity contribution in [1.82, 2.24) is 0 Å². The van der Waals surface area contributed by atoms with Crippen molar-refractivity contribution in [3.05, 3.63) is 47.6 Å². The lowest BCUT2D eigenvalue weighted by Gasteiger charge is -2.24. The van der Waals surface area contributed by atoms with E-state index in [1.807, 2.05) is 0 Å². The Kier molecular flexibility index (Phi) is 6.51. The van der Waals surface area contributed by atoms with E-state index in [1.165, 1.54) is 56.1 Å². The standard InChI is InChI=1S/C22H34N2/c23-21-13-9-19(10-14-21)7-5-17-1-2-18(4-3-17)6-8-20-11-15-22(24)16-12-20/h1,5-9,18,20-22H,2-4,10-16,23-24H2. The summed E-state index contributed by atoms with van der Waals surface area (Å²) in [6.07, 6.45) is 26.4. The van der Waals surface area contributed by atoms with E-state index in [4.69, 9.17) is 11.5 Å². The van der Waals surface area contributed by atoms with Crippen LogP contribution in [-0.2, 0) is 0 Å². The Labute approximate surface area is 147 Å². The average molecular weight is 327 g/mol. The van der Waals surface area contributed by atoms with Crippen LogP contribution in [0.5, 0.6) is 0 Å². The predicted octanol–water partition coefficient (Wildman–Crippen LogP) is 4.78. The fraction of sp³-hybridized carbons (Fsp3) is 0.636. The highest BCUT2D eigenvalue weighted by atomic mass is 14.6. The smallest absolute Gasteiger partial charge is 0.00767 e. The molecule has 2 atom stereocenters. The van der Waals surface area contributed by atoms with Crippen molar-refractivity contribution in [2.45, 2.75) is 76.3 Å². The van der Waals surface area contributed by atoms with Crippen LogP contribution in [0.4, 0.5) is 0 Å². The summed E-state index contributed by atoms with van der Waals surface area (Å²) >= 11 is 0. The van der Waals surface area contributed by atoms with E-state index in [0.717, 1.165) is 31.1 Å². The van der Waals surface area contributed by atoms with Crippen LogP contribution in [0, 0.1) is 11.8 Å². The Morgan fingerprint density at radius 2 is 1.29 bits per heavy atom. The third-order valence-corrected chi connectivity index (χ3v) is 5.96. The zero-order valence-electron chi connectivity index (χ0n) is 15.0. The summed E-state index contributed by atoms with van der Waals surface area (Å²) in [5, 5.41) is 0. The molecule has 0 aromatic heterocycles. The minimum Gasteiger partial charge on any atom is -0.328 e. The van der Waals surface area contributed by atoms with Crippen molar-refractivity contribution in [2.75, 3.05) is 0 Å². The number of hydrogen-bond donors (Lipinski definition) is 2. The van der Waals surface area contributed by atoms with E-state index < -0.39 is 0 Å². The largest absolute Gasteiger partial charge is 0.328 e. The lowest BCUT2D eigenvalue weighted by molar-refractivity contribution is 0.373. The van der Waals surface area contributed by atoms with Gasteiger partial charge in [-0.05, 0) is 76.0 Å². The van der Waals surface area contributed by atoms with Gasteiger partial charge in [-0.25, -0.2) is 0 Å². The lowest BCUT2D eigenvalue weighted by Crippen LogP contribution is -2.25. The summed E-state index contributed by atoms with van der Waals surface area (Å²) < 4.78 is 0. The van der Waals surface area contributed by atoms with Crippen LogP contribution < -0.4 is 11.5 Å². The highest BCUT2D eigenvalue weighted by molar-refractivity contribution is 5.30. The van der Waals surface area contributed by atoms with Crippen molar-refractivity contribution in [3.8, 4) is 0 Å². The van der Waals surface area contributed by atoms with Gasteiger partial charge in [-0.2, -0.15) is 0 Å². The van der Waals surface area contributed by atoms with Crippen molar-refractivity contribution < 1.29 is 0 Å². The number of rotatable bonds is 4. The molecule has 0 amide bonds. The van der Waals surface area contributed by atoms with Gasteiger partial charge in [0.15, 0.2) is 0 Å². The first-order valence-corrected chi connectivity index (χ1v) is 9.94. The second-order valence-corrected chi connectivity index (χ2v) is 8.02. The molecule has 0 bridgehead atoms. The van der Waals surface area contributed by atoms with Crippen LogP contribution in [0.25, 0.3) is 0 Å². The predicted molar refractivity (Wildman–Crippen MR) is 104 cm³/mol. The van der Waals surface area contributed by atoms with Gasteiger partial charge in [0.25, 0.3) is 0 Å². The second-order valence-electron chi connectivity index (χ2n) is 8.02. The normalized spacial score (nSPS) is 35.2. The zero-order valence-corrected chi connectivity index (χ0v) is 15.0. The highest BCUT2D eigenvalue weighted by Crippen LogP contribution is 2.29. The molecule has 2 heteroatoms. The zero-order chi connectivity index (χ0) is 16.8. The SMILES string of the molecule is NC1CC=C(C=CC2=CCC(C=CC3CCC(N)CC3)CC2)CC1. The third kappa shape index (κ3) is 5.46. The molecule has 4 N–H and O–H groups in total. The molecule has 2 unspecified atom stereocenters. The fourth-order valence-corrected chi connectivity index (χ4v) is 4.09. The molecule has 1 saturated carbocycles. The fourth-order valence-electron chi connectivity index (χ4n) is 4.09. The van der Waals surface area contributed by atoms with Crippen LogP contribution in [-0.4, -0.2) is 12.1 Å². The third-order valence-electron chi connectivity index (χ3n) is 5.96. The Hall–Kier alpha value is -1.12. The Morgan fingerprint density at radius 1 is 0.667 bits per heavy atom. The van der Waals surface area contributed by atoms with Crippen LogP contribution in [0.3, 0.4) is 0 Å². The minimum absolute atomic E-state index is 0.378. The molecule has 0 saturated heterocycles. The van der Waals surface area contributed by atoms with Gasteiger partial charge in [-0.15, -0.1) is 0 Å². The molecule has 3 rings (SSSR count). The van der Waals surface area contributed by atoms with Gasteiger partial charge < -0.3 is 11.5 Å². The molecule has 0 heterocycles. The Balaban J connectivity index is 1.44. The number of nitrogens with two attached hydrogens (primary N) is 2.